The van der Waals surface area contributed by atoms with Crippen LogP contribution in [0.1, 0.15) is 38.6 Å². The van der Waals surface area contributed by atoms with E-state index in [9.17, 15) is 9.90 Å². The summed E-state index contributed by atoms with van der Waals surface area (Å²) in [6, 6.07) is 11.9. The first-order chi connectivity index (χ1) is 12.1. The molecule has 0 saturated heterocycles. The van der Waals surface area contributed by atoms with Crippen molar-refractivity contribution in [2.75, 3.05) is 23.3 Å². The maximum atomic E-state index is 12.6. The van der Waals surface area contributed by atoms with Gasteiger partial charge in [-0.25, -0.2) is 4.68 Å². The minimum absolute atomic E-state index is 0.107. The Morgan fingerprint density at radius 3 is 2.72 bits per heavy atom. The zero-order valence-corrected chi connectivity index (χ0v) is 14.6. The van der Waals surface area contributed by atoms with Crippen molar-refractivity contribution in [3.05, 3.63) is 42.6 Å². The lowest BCUT2D eigenvalue weighted by atomic mass is 10.2. The van der Waals surface area contributed by atoms with Gasteiger partial charge >= 0.3 is 0 Å². The molecule has 0 bridgehead atoms. The van der Waals surface area contributed by atoms with Gasteiger partial charge in [0.15, 0.2) is 0 Å². The van der Waals surface area contributed by atoms with Gasteiger partial charge < -0.3 is 15.3 Å². The Labute approximate surface area is 148 Å². The van der Waals surface area contributed by atoms with Crippen LogP contribution in [0.4, 0.5) is 11.5 Å². The van der Waals surface area contributed by atoms with Crippen molar-refractivity contribution < 1.29 is 9.90 Å². The molecule has 25 heavy (non-hydrogen) atoms. The molecule has 0 spiro atoms. The van der Waals surface area contributed by atoms with E-state index in [1.165, 1.54) is 12.8 Å². The Morgan fingerprint density at radius 2 is 2.04 bits per heavy atom. The zero-order chi connectivity index (χ0) is 17.6. The third-order valence-electron chi connectivity index (χ3n) is 4.55. The molecule has 6 nitrogen and oxygen atoms in total. The first-order valence-electron chi connectivity index (χ1n) is 8.95. The number of carbonyl (C=O) groups excluding carboxylic acids is 1. The van der Waals surface area contributed by atoms with Crippen molar-refractivity contribution in [2.24, 2.45) is 0 Å². The molecule has 2 aromatic rings. The molecule has 1 amide bonds. The Hall–Kier alpha value is -2.34. The number of rotatable bonds is 7. The largest absolute Gasteiger partial charge is 0.392 e. The van der Waals surface area contributed by atoms with Gasteiger partial charge in [0.2, 0.25) is 5.91 Å². The predicted molar refractivity (Wildman–Crippen MR) is 98.7 cm³/mol. The number of nitrogens with one attached hydrogen (secondary N) is 1. The molecule has 1 aliphatic rings. The van der Waals surface area contributed by atoms with E-state index in [1.54, 1.807) is 13.1 Å². The molecule has 1 heterocycles. The molecule has 0 aliphatic heterocycles. The Bertz CT molecular complexity index is 678. The molecule has 1 aliphatic carbocycles. The van der Waals surface area contributed by atoms with Crippen LogP contribution in [0, 0.1) is 0 Å². The Balaban J connectivity index is 1.67. The number of nitrogens with zero attached hydrogens (tertiary/aromatic N) is 3. The average molecular weight is 342 g/mol. The molecule has 1 fully saturated rings. The molecule has 1 saturated carbocycles. The minimum Gasteiger partial charge on any atom is -0.392 e. The van der Waals surface area contributed by atoms with Gasteiger partial charge in [0.05, 0.1) is 24.9 Å². The van der Waals surface area contributed by atoms with E-state index in [2.05, 4.69) is 10.4 Å². The van der Waals surface area contributed by atoms with Crippen LogP contribution in [0.15, 0.2) is 42.6 Å². The summed E-state index contributed by atoms with van der Waals surface area (Å²) in [4.78, 5) is 14.5. The van der Waals surface area contributed by atoms with Crippen molar-refractivity contribution in [1.29, 1.82) is 0 Å². The lowest BCUT2D eigenvalue weighted by Crippen LogP contribution is -2.38. The van der Waals surface area contributed by atoms with Gasteiger partial charge in [-0.05, 0) is 31.9 Å². The van der Waals surface area contributed by atoms with Crippen molar-refractivity contribution in [3.63, 3.8) is 0 Å². The third-order valence-corrected chi connectivity index (χ3v) is 4.55. The highest BCUT2D eigenvalue weighted by Gasteiger charge is 2.21. The van der Waals surface area contributed by atoms with E-state index in [1.807, 2.05) is 46.0 Å². The molecule has 0 unspecified atom stereocenters. The maximum Gasteiger partial charge on any atom is 0.245 e. The second-order valence-electron chi connectivity index (χ2n) is 6.71. The number of benzene rings is 1. The maximum absolute atomic E-state index is 12.6. The van der Waals surface area contributed by atoms with Crippen LogP contribution in [0.5, 0.6) is 0 Å². The molecule has 1 atom stereocenters. The van der Waals surface area contributed by atoms with Crippen LogP contribution >= 0.6 is 0 Å². The molecule has 134 valence electrons. The fraction of sp³-hybridized carbons (Fsp3) is 0.474. The van der Waals surface area contributed by atoms with Crippen LogP contribution in [0.3, 0.4) is 0 Å². The quantitative estimate of drug-likeness (QED) is 0.812. The number of aliphatic hydroxyl groups is 1. The molecule has 2 N–H and O–H groups in total. The van der Waals surface area contributed by atoms with E-state index >= 15 is 0 Å². The second kappa shape index (κ2) is 8.16. The Morgan fingerprint density at radius 1 is 1.32 bits per heavy atom. The zero-order valence-electron chi connectivity index (χ0n) is 14.6. The molecule has 1 aromatic carbocycles. The Kier molecular flexibility index (Phi) is 5.71. The van der Waals surface area contributed by atoms with Crippen molar-refractivity contribution >= 4 is 17.4 Å². The summed E-state index contributed by atoms with van der Waals surface area (Å²) in [7, 11) is 0. The number of anilines is 2. The smallest absolute Gasteiger partial charge is 0.245 e. The summed E-state index contributed by atoms with van der Waals surface area (Å²) < 4.78 is 1.94. The summed E-state index contributed by atoms with van der Waals surface area (Å²) in [6.45, 7) is 2.31. The highest BCUT2D eigenvalue weighted by Crippen LogP contribution is 2.31. The van der Waals surface area contributed by atoms with Gasteiger partial charge in [0, 0.05) is 18.3 Å². The number of hydrogen-bond donors (Lipinski definition) is 2. The van der Waals surface area contributed by atoms with Gasteiger partial charge in [0.25, 0.3) is 0 Å². The fourth-order valence-electron chi connectivity index (χ4n) is 3.43. The van der Waals surface area contributed by atoms with Crippen molar-refractivity contribution in [3.8, 4) is 0 Å². The van der Waals surface area contributed by atoms with E-state index < -0.39 is 6.10 Å². The minimum atomic E-state index is -0.517. The van der Waals surface area contributed by atoms with E-state index in [-0.39, 0.29) is 12.5 Å². The van der Waals surface area contributed by atoms with Crippen molar-refractivity contribution in [1.82, 2.24) is 9.78 Å². The molecule has 1 aromatic heterocycles. The normalized spacial score (nSPS) is 15.9. The van der Waals surface area contributed by atoms with Gasteiger partial charge in [-0.3, -0.25) is 4.79 Å². The van der Waals surface area contributed by atoms with Crippen LogP contribution in [-0.2, 0) is 4.79 Å². The number of hydrogen-bond acceptors (Lipinski definition) is 4. The van der Waals surface area contributed by atoms with Gasteiger partial charge in [-0.15, -0.1) is 0 Å². The first-order valence-corrected chi connectivity index (χ1v) is 8.95. The summed E-state index contributed by atoms with van der Waals surface area (Å²) >= 11 is 0. The van der Waals surface area contributed by atoms with Gasteiger partial charge in [-0.2, -0.15) is 5.10 Å². The highest BCUT2D eigenvalue weighted by atomic mass is 16.3. The number of carbonyl (C=O) groups is 1. The summed E-state index contributed by atoms with van der Waals surface area (Å²) in [5, 5.41) is 17.1. The summed E-state index contributed by atoms with van der Waals surface area (Å²) in [5.74, 6) is 0.645. The summed E-state index contributed by atoms with van der Waals surface area (Å²) in [6.07, 6.45) is 5.88. The highest BCUT2D eigenvalue weighted by molar-refractivity contribution is 5.93. The van der Waals surface area contributed by atoms with Crippen molar-refractivity contribution in [2.45, 2.75) is 44.8 Å². The van der Waals surface area contributed by atoms with E-state index in [4.69, 9.17) is 0 Å². The average Bonchev–Trinajstić information content (AvgIpc) is 3.25. The first kappa shape index (κ1) is 17.5. The topological polar surface area (TPSA) is 70.4 Å². The molecule has 6 heteroatoms. The SMILES string of the molecule is C[C@H](O)CN(CC(=O)Nc1ccnn1C1CCCC1)c1ccccc1. The fourth-order valence-corrected chi connectivity index (χ4v) is 3.43. The standard InChI is InChI=1S/C19H26N4O2/c1-15(24)13-22(16-7-3-2-4-8-16)14-19(25)21-18-11-12-20-23(18)17-9-5-6-10-17/h2-4,7-8,11-12,15,17,24H,5-6,9-10,13-14H2,1H3,(H,21,25)/t15-/m0/s1. The van der Waals surface area contributed by atoms with Crippen LogP contribution in [0.2, 0.25) is 0 Å². The molecular formula is C19H26N4O2. The summed E-state index contributed by atoms with van der Waals surface area (Å²) in [5.41, 5.74) is 0.919. The predicted octanol–water partition coefficient (Wildman–Crippen LogP) is 2.82. The second-order valence-corrected chi connectivity index (χ2v) is 6.71. The molecular weight excluding hydrogens is 316 g/mol. The monoisotopic (exact) mass is 342 g/mol. The number of aromatic nitrogens is 2. The van der Waals surface area contributed by atoms with E-state index in [0.717, 1.165) is 24.3 Å². The van der Waals surface area contributed by atoms with Crippen LogP contribution < -0.4 is 10.2 Å². The third kappa shape index (κ3) is 4.60. The van der Waals surface area contributed by atoms with Gasteiger partial charge in [0.1, 0.15) is 5.82 Å². The molecule has 3 rings (SSSR count). The van der Waals surface area contributed by atoms with Crippen LogP contribution in [0.25, 0.3) is 0 Å². The lowest BCUT2D eigenvalue weighted by Gasteiger charge is -2.25. The lowest BCUT2D eigenvalue weighted by molar-refractivity contribution is -0.115. The van der Waals surface area contributed by atoms with Gasteiger partial charge in [-0.1, -0.05) is 31.0 Å². The van der Waals surface area contributed by atoms with Crippen LogP contribution in [-0.4, -0.2) is 40.0 Å². The number of para-hydroxylation sites is 1. The van der Waals surface area contributed by atoms with E-state index in [0.29, 0.717) is 12.6 Å². The number of aliphatic hydroxyl groups excluding tert-OH is 1. The molecule has 0 radical (unpaired) electrons. The number of amides is 1.